The lowest BCUT2D eigenvalue weighted by Crippen LogP contribution is -2.45. The van der Waals surface area contributed by atoms with Crippen LogP contribution in [-0.4, -0.2) is 57.4 Å². The number of rotatable bonds is 5. The maximum atomic E-state index is 12.3. The Morgan fingerprint density at radius 1 is 1.33 bits per heavy atom. The van der Waals surface area contributed by atoms with Crippen molar-refractivity contribution in [2.24, 2.45) is 0 Å². The molecule has 1 heterocycles. The van der Waals surface area contributed by atoms with E-state index in [2.05, 4.69) is 5.32 Å². The molecule has 0 saturated carbocycles. The third kappa shape index (κ3) is 4.55. The molecule has 1 aromatic rings. The molecule has 1 aliphatic heterocycles. The molecule has 0 aliphatic carbocycles. The van der Waals surface area contributed by atoms with Crippen LogP contribution in [-0.2, 0) is 24.7 Å². The van der Waals surface area contributed by atoms with E-state index in [-0.39, 0.29) is 17.9 Å². The van der Waals surface area contributed by atoms with Crippen molar-refractivity contribution in [3.05, 3.63) is 29.3 Å². The predicted octanol–water partition coefficient (Wildman–Crippen LogP) is 0.691. The van der Waals surface area contributed by atoms with Crippen LogP contribution in [0, 0.1) is 13.8 Å². The van der Waals surface area contributed by atoms with Gasteiger partial charge in [0.25, 0.3) is 0 Å². The minimum Gasteiger partial charge on any atom is -0.325 e. The van der Waals surface area contributed by atoms with Crippen molar-refractivity contribution < 1.29 is 21.6 Å². The Labute approximate surface area is 143 Å². The molecule has 1 aromatic carbocycles. The zero-order valence-corrected chi connectivity index (χ0v) is 15.6. The SMILES string of the molecule is Cc1cccc(NC(=O)CN(C2CCS(=O)(=O)C2)S(C)(=O)=O)c1C. The van der Waals surface area contributed by atoms with E-state index >= 15 is 0 Å². The fourth-order valence-electron chi connectivity index (χ4n) is 2.74. The molecule has 7 nitrogen and oxygen atoms in total. The summed E-state index contributed by atoms with van der Waals surface area (Å²) >= 11 is 0. The second-order valence-corrected chi connectivity index (χ2v) is 10.3. The van der Waals surface area contributed by atoms with Gasteiger partial charge in [-0.05, 0) is 37.5 Å². The van der Waals surface area contributed by atoms with Gasteiger partial charge in [-0.2, -0.15) is 4.31 Å². The zero-order valence-electron chi connectivity index (χ0n) is 13.9. The number of carbonyl (C=O) groups excluding carboxylic acids is 1. The van der Waals surface area contributed by atoms with Gasteiger partial charge in [-0.15, -0.1) is 0 Å². The number of hydrogen-bond donors (Lipinski definition) is 1. The van der Waals surface area contributed by atoms with Crippen LogP contribution in [0.3, 0.4) is 0 Å². The van der Waals surface area contributed by atoms with Crippen molar-refractivity contribution in [3.63, 3.8) is 0 Å². The molecule has 24 heavy (non-hydrogen) atoms. The summed E-state index contributed by atoms with van der Waals surface area (Å²) in [6.07, 6.45) is 1.20. The summed E-state index contributed by atoms with van der Waals surface area (Å²) < 4.78 is 48.2. The molecule has 2 rings (SSSR count). The molecular formula is C15H22N2O5S2. The summed E-state index contributed by atoms with van der Waals surface area (Å²) in [5.41, 5.74) is 2.53. The molecule has 0 radical (unpaired) electrons. The quantitative estimate of drug-likeness (QED) is 0.817. The van der Waals surface area contributed by atoms with Crippen molar-refractivity contribution >= 4 is 31.5 Å². The third-order valence-electron chi connectivity index (χ3n) is 4.22. The Bertz CT molecular complexity index is 847. The Balaban J connectivity index is 2.15. The molecule has 1 N–H and O–H groups in total. The molecule has 1 saturated heterocycles. The number of aryl methyl sites for hydroxylation is 1. The van der Waals surface area contributed by atoms with Crippen molar-refractivity contribution in [3.8, 4) is 0 Å². The number of nitrogens with one attached hydrogen (secondary N) is 1. The second kappa shape index (κ2) is 6.81. The van der Waals surface area contributed by atoms with E-state index < -0.39 is 38.4 Å². The lowest BCUT2D eigenvalue weighted by molar-refractivity contribution is -0.116. The molecule has 1 amide bonds. The van der Waals surface area contributed by atoms with E-state index in [0.29, 0.717) is 5.69 Å². The van der Waals surface area contributed by atoms with Crippen molar-refractivity contribution in [1.29, 1.82) is 0 Å². The number of carbonyl (C=O) groups is 1. The second-order valence-electron chi connectivity index (χ2n) is 6.16. The molecule has 1 atom stereocenters. The summed E-state index contributed by atoms with van der Waals surface area (Å²) in [6, 6.07) is 4.77. The summed E-state index contributed by atoms with van der Waals surface area (Å²) in [5, 5.41) is 2.70. The van der Waals surface area contributed by atoms with Crippen LogP contribution >= 0.6 is 0 Å². The molecule has 9 heteroatoms. The Morgan fingerprint density at radius 3 is 2.54 bits per heavy atom. The first-order valence-corrected chi connectivity index (χ1v) is 11.2. The smallest absolute Gasteiger partial charge is 0.239 e. The largest absolute Gasteiger partial charge is 0.325 e. The highest BCUT2D eigenvalue weighted by Crippen LogP contribution is 2.21. The molecular weight excluding hydrogens is 352 g/mol. The molecule has 1 aliphatic rings. The Kier molecular flexibility index (Phi) is 5.36. The van der Waals surface area contributed by atoms with Gasteiger partial charge in [0.2, 0.25) is 15.9 Å². The first kappa shape index (κ1) is 18.9. The minimum atomic E-state index is -3.70. The van der Waals surface area contributed by atoms with Gasteiger partial charge in [0.05, 0.1) is 24.3 Å². The maximum absolute atomic E-state index is 12.3. The van der Waals surface area contributed by atoms with Crippen LogP contribution in [0.5, 0.6) is 0 Å². The molecule has 0 bridgehead atoms. The minimum absolute atomic E-state index is 0.0533. The highest BCUT2D eigenvalue weighted by Gasteiger charge is 2.37. The van der Waals surface area contributed by atoms with E-state index in [1.54, 1.807) is 12.1 Å². The van der Waals surface area contributed by atoms with Crippen molar-refractivity contribution in [2.45, 2.75) is 26.3 Å². The van der Waals surface area contributed by atoms with Crippen LogP contribution in [0.2, 0.25) is 0 Å². The highest BCUT2D eigenvalue weighted by atomic mass is 32.2. The van der Waals surface area contributed by atoms with Gasteiger partial charge in [-0.25, -0.2) is 16.8 Å². The summed E-state index contributed by atoms with van der Waals surface area (Å²) in [4.78, 5) is 12.3. The van der Waals surface area contributed by atoms with E-state index in [0.717, 1.165) is 21.7 Å². The first-order chi connectivity index (χ1) is 11.0. The maximum Gasteiger partial charge on any atom is 0.239 e. The van der Waals surface area contributed by atoms with Crippen molar-refractivity contribution in [2.75, 3.05) is 29.6 Å². The lowest BCUT2D eigenvalue weighted by Gasteiger charge is -2.25. The summed E-state index contributed by atoms with van der Waals surface area (Å²) in [7, 11) is -6.94. The standard InChI is InChI=1S/C15H22N2O5S2/c1-11-5-4-6-14(12(11)2)16-15(18)9-17(23(3,19)20)13-7-8-24(21,22)10-13/h4-6,13H,7-10H2,1-3H3,(H,16,18). The van der Waals surface area contributed by atoms with Gasteiger partial charge in [-0.3, -0.25) is 4.79 Å². The average molecular weight is 374 g/mol. The molecule has 0 spiro atoms. The number of anilines is 1. The Hall–Kier alpha value is -1.45. The summed E-state index contributed by atoms with van der Waals surface area (Å²) in [5.74, 6) is -0.780. The average Bonchev–Trinajstić information content (AvgIpc) is 2.80. The van der Waals surface area contributed by atoms with Crippen LogP contribution in [0.25, 0.3) is 0 Å². The summed E-state index contributed by atoms with van der Waals surface area (Å²) in [6.45, 7) is 3.38. The van der Waals surface area contributed by atoms with Gasteiger partial charge in [0, 0.05) is 11.7 Å². The fourth-order valence-corrected chi connectivity index (χ4v) is 5.64. The number of benzene rings is 1. The number of sulfonamides is 1. The third-order valence-corrected chi connectivity index (χ3v) is 7.25. The van der Waals surface area contributed by atoms with Crippen LogP contribution in [0.4, 0.5) is 5.69 Å². The normalized spacial score (nSPS) is 20.2. The van der Waals surface area contributed by atoms with Gasteiger partial charge >= 0.3 is 0 Å². The topological polar surface area (TPSA) is 101 Å². The Morgan fingerprint density at radius 2 is 2.00 bits per heavy atom. The van der Waals surface area contributed by atoms with Gasteiger partial charge in [0.15, 0.2) is 9.84 Å². The zero-order chi connectivity index (χ0) is 18.1. The van der Waals surface area contributed by atoms with Gasteiger partial charge in [-0.1, -0.05) is 12.1 Å². The molecule has 1 fully saturated rings. The molecule has 134 valence electrons. The number of hydrogen-bond acceptors (Lipinski definition) is 5. The first-order valence-electron chi connectivity index (χ1n) is 7.53. The van der Waals surface area contributed by atoms with E-state index in [4.69, 9.17) is 0 Å². The lowest BCUT2D eigenvalue weighted by atomic mass is 10.1. The van der Waals surface area contributed by atoms with E-state index in [1.807, 2.05) is 19.9 Å². The number of nitrogens with zero attached hydrogens (tertiary/aromatic N) is 1. The monoisotopic (exact) mass is 374 g/mol. The van der Waals surface area contributed by atoms with Gasteiger partial charge < -0.3 is 5.32 Å². The predicted molar refractivity (Wildman–Crippen MR) is 93.2 cm³/mol. The van der Waals surface area contributed by atoms with E-state index in [1.165, 1.54) is 0 Å². The van der Waals surface area contributed by atoms with Crippen LogP contribution < -0.4 is 5.32 Å². The van der Waals surface area contributed by atoms with Crippen molar-refractivity contribution in [1.82, 2.24) is 4.31 Å². The number of sulfone groups is 1. The van der Waals surface area contributed by atoms with Crippen LogP contribution in [0.15, 0.2) is 18.2 Å². The van der Waals surface area contributed by atoms with Crippen LogP contribution in [0.1, 0.15) is 17.5 Å². The molecule has 1 unspecified atom stereocenters. The number of amides is 1. The van der Waals surface area contributed by atoms with E-state index in [9.17, 15) is 21.6 Å². The van der Waals surface area contributed by atoms with Gasteiger partial charge in [0.1, 0.15) is 0 Å². The molecule has 0 aromatic heterocycles. The fraction of sp³-hybridized carbons (Fsp3) is 0.533. The highest BCUT2D eigenvalue weighted by molar-refractivity contribution is 7.92.